The van der Waals surface area contributed by atoms with Gasteiger partial charge in [-0.1, -0.05) is 36.8 Å². The number of hydrogen-bond acceptors (Lipinski definition) is 3. The summed E-state index contributed by atoms with van der Waals surface area (Å²) in [7, 11) is 0. The fourth-order valence-electron chi connectivity index (χ4n) is 4.07. The molecule has 1 aliphatic rings. The van der Waals surface area contributed by atoms with E-state index < -0.39 is 6.43 Å². The Morgan fingerprint density at radius 2 is 1.86 bits per heavy atom. The highest BCUT2D eigenvalue weighted by molar-refractivity contribution is 5.89. The van der Waals surface area contributed by atoms with Crippen LogP contribution in [0.15, 0.2) is 72.0 Å². The van der Waals surface area contributed by atoms with Crippen molar-refractivity contribution in [2.24, 2.45) is 0 Å². The van der Waals surface area contributed by atoms with E-state index in [4.69, 9.17) is 4.74 Å². The number of benzene rings is 1. The zero-order valence-corrected chi connectivity index (χ0v) is 23.2. The molecule has 0 radical (unpaired) electrons. The van der Waals surface area contributed by atoms with Gasteiger partial charge in [0.15, 0.2) is 0 Å². The molecule has 0 aromatic heterocycles. The van der Waals surface area contributed by atoms with E-state index >= 15 is 0 Å². The molecule has 4 nitrogen and oxygen atoms in total. The van der Waals surface area contributed by atoms with E-state index in [-0.39, 0.29) is 5.57 Å². The number of rotatable bonds is 11. The Morgan fingerprint density at radius 1 is 1.19 bits per heavy atom. The standard InChI is InChI=1S/C29H38F2N2O2.C2H4/c1-8-11-33(27(21(6)7)17-24(20(4)5)29(30)31)28-16-23(22-9-12-35-13-10-22)15-26(32-18-34)25(28)14-19(2)3;1-2/h9,14-18,29H,4,8,10-13H2,1-3,5-7H3,(H,32,34);1-2H2/b24-17+;. The molecule has 0 saturated heterocycles. The van der Waals surface area contributed by atoms with Crippen molar-refractivity contribution in [1.82, 2.24) is 0 Å². The van der Waals surface area contributed by atoms with Gasteiger partial charge in [-0.25, -0.2) is 8.78 Å². The van der Waals surface area contributed by atoms with Crippen molar-refractivity contribution in [2.45, 2.75) is 60.8 Å². The third-order valence-corrected chi connectivity index (χ3v) is 5.70. The molecular weight excluding hydrogens is 470 g/mol. The van der Waals surface area contributed by atoms with Crippen LogP contribution >= 0.6 is 0 Å². The number of carbonyl (C=O) groups is 1. The Kier molecular flexibility index (Phi) is 13.5. The van der Waals surface area contributed by atoms with Crippen molar-refractivity contribution >= 4 is 29.4 Å². The van der Waals surface area contributed by atoms with Gasteiger partial charge < -0.3 is 15.0 Å². The van der Waals surface area contributed by atoms with E-state index in [2.05, 4.69) is 49.0 Å². The molecule has 1 aromatic carbocycles. The summed E-state index contributed by atoms with van der Waals surface area (Å²) in [5.74, 6) is 0. The number of amides is 1. The van der Waals surface area contributed by atoms with Crippen LogP contribution in [0.25, 0.3) is 11.6 Å². The van der Waals surface area contributed by atoms with Gasteiger partial charge in [0.05, 0.1) is 24.6 Å². The van der Waals surface area contributed by atoms with Gasteiger partial charge >= 0.3 is 0 Å². The molecule has 0 atom stereocenters. The first kappa shape index (κ1) is 31.8. The molecule has 0 spiro atoms. The average Bonchev–Trinajstić information content (AvgIpc) is 2.85. The summed E-state index contributed by atoms with van der Waals surface area (Å²) in [5.41, 5.74) is 7.39. The second kappa shape index (κ2) is 15.8. The molecule has 0 fully saturated rings. The maximum Gasteiger partial charge on any atom is 0.264 e. The van der Waals surface area contributed by atoms with E-state index in [0.29, 0.717) is 43.1 Å². The Labute approximate surface area is 221 Å². The predicted octanol–water partition coefficient (Wildman–Crippen LogP) is 8.56. The van der Waals surface area contributed by atoms with Crippen LogP contribution in [-0.2, 0) is 9.53 Å². The van der Waals surface area contributed by atoms with Gasteiger partial charge in [0.25, 0.3) is 6.43 Å². The van der Waals surface area contributed by atoms with Gasteiger partial charge in [-0.15, -0.1) is 13.2 Å². The Balaban J connectivity index is 0.00000334. The van der Waals surface area contributed by atoms with E-state index in [1.54, 1.807) is 13.0 Å². The number of anilines is 2. The first-order valence-electron chi connectivity index (χ1n) is 12.5. The van der Waals surface area contributed by atoms with Crippen LogP contribution in [0, 0.1) is 0 Å². The summed E-state index contributed by atoms with van der Waals surface area (Å²) in [6.45, 7) is 23.0. The van der Waals surface area contributed by atoms with Crippen LogP contribution in [0.1, 0.15) is 65.5 Å². The van der Waals surface area contributed by atoms with Crippen molar-refractivity contribution in [1.29, 1.82) is 0 Å². The SMILES string of the molecule is C=C.C=C(C)/C(=C\C(=C(C)C)N(CCC)c1cc(C2=CCOCC2)cc(NC=O)c1C=C(C)C)C(F)F. The molecule has 1 amide bonds. The first-order valence-corrected chi connectivity index (χ1v) is 12.5. The molecule has 6 heteroatoms. The van der Waals surface area contributed by atoms with Gasteiger partial charge in [-0.3, -0.25) is 4.79 Å². The summed E-state index contributed by atoms with van der Waals surface area (Å²) in [5, 5.41) is 2.87. The summed E-state index contributed by atoms with van der Waals surface area (Å²) < 4.78 is 33.3. The van der Waals surface area contributed by atoms with Crippen molar-refractivity contribution in [2.75, 3.05) is 30.0 Å². The average molecular weight is 513 g/mol. The molecule has 1 heterocycles. The molecule has 0 bridgehead atoms. The normalized spacial score (nSPS) is 13.1. The number of ether oxygens (including phenoxy) is 1. The van der Waals surface area contributed by atoms with Crippen LogP contribution < -0.4 is 10.2 Å². The van der Waals surface area contributed by atoms with Gasteiger partial charge in [0, 0.05) is 23.4 Å². The molecule has 37 heavy (non-hydrogen) atoms. The highest BCUT2D eigenvalue weighted by Gasteiger charge is 2.22. The maximum atomic E-state index is 13.9. The van der Waals surface area contributed by atoms with Crippen molar-refractivity contribution in [3.63, 3.8) is 0 Å². The monoisotopic (exact) mass is 512 g/mol. The molecule has 0 unspecified atom stereocenters. The number of alkyl halides is 2. The predicted molar refractivity (Wildman–Crippen MR) is 155 cm³/mol. The molecule has 1 N–H and O–H groups in total. The largest absolute Gasteiger partial charge is 0.377 e. The minimum absolute atomic E-state index is 0.0828. The quantitative estimate of drug-likeness (QED) is 0.183. The topological polar surface area (TPSA) is 41.6 Å². The number of halogens is 2. The van der Waals surface area contributed by atoms with Crippen LogP contribution in [0.3, 0.4) is 0 Å². The van der Waals surface area contributed by atoms with E-state index in [9.17, 15) is 13.6 Å². The van der Waals surface area contributed by atoms with E-state index in [1.807, 2.05) is 39.8 Å². The third-order valence-electron chi connectivity index (χ3n) is 5.70. The summed E-state index contributed by atoms with van der Waals surface area (Å²) in [6.07, 6.45) is 5.22. The molecule has 0 aliphatic carbocycles. The van der Waals surface area contributed by atoms with Crippen LogP contribution in [0.5, 0.6) is 0 Å². The van der Waals surface area contributed by atoms with Crippen LogP contribution in [0.2, 0.25) is 0 Å². The Morgan fingerprint density at radius 3 is 2.32 bits per heavy atom. The lowest BCUT2D eigenvalue weighted by atomic mass is 9.95. The highest BCUT2D eigenvalue weighted by atomic mass is 19.3. The number of hydrogen-bond donors (Lipinski definition) is 1. The van der Waals surface area contributed by atoms with Crippen molar-refractivity contribution in [3.8, 4) is 0 Å². The fraction of sp³-hybridized carbons (Fsp3) is 0.387. The smallest absolute Gasteiger partial charge is 0.264 e. The lowest BCUT2D eigenvalue weighted by Gasteiger charge is -2.31. The third kappa shape index (κ3) is 8.97. The van der Waals surface area contributed by atoms with Gasteiger partial charge in [0.2, 0.25) is 6.41 Å². The summed E-state index contributed by atoms with van der Waals surface area (Å²) >= 11 is 0. The number of allylic oxidation sites excluding steroid dienone is 5. The molecule has 0 saturated carbocycles. The second-order valence-corrected chi connectivity index (χ2v) is 9.21. The lowest BCUT2D eigenvalue weighted by Crippen LogP contribution is -2.25. The molecule has 2 rings (SSSR count). The van der Waals surface area contributed by atoms with E-state index in [0.717, 1.165) is 46.4 Å². The molecule has 202 valence electrons. The van der Waals surface area contributed by atoms with Gasteiger partial charge in [-0.05, 0) is 82.4 Å². The lowest BCUT2D eigenvalue weighted by molar-refractivity contribution is -0.105. The highest BCUT2D eigenvalue weighted by Crippen LogP contribution is 2.38. The Hall–Kier alpha value is -3.25. The maximum absolute atomic E-state index is 13.9. The molecular formula is C31H42F2N2O2. The fourth-order valence-corrected chi connectivity index (χ4v) is 4.07. The first-order chi connectivity index (χ1) is 17.6. The van der Waals surface area contributed by atoms with E-state index in [1.165, 1.54) is 0 Å². The van der Waals surface area contributed by atoms with Crippen molar-refractivity contribution < 1.29 is 18.3 Å². The van der Waals surface area contributed by atoms with Crippen LogP contribution in [-0.4, -0.2) is 32.6 Å². The number of nitrogens with zero attached hydrogens (tertiary/aromatic N) is 1. The Bertz CT molecular complexity index is 1070. The zero-order chi connectivity index (χ0) is 28.1. The molecule has 1 aliphatic heterocycles. The summed E-state index contributed by atoms with van der Waals surface area (Å²) in [6, 6.07) is 4.07. The minimum atomic E-state index is -2.63. The van der Waals surface area contributed by atoms with Crippen LogP contribution in [0.4, 0.5) is 20.2 Å². The summed E-state index contributed by atoms with van der Waals surface area (Å²) in [4.78, 5) is 13.6. The molecule has 1 aromatic rings. The van der Waals surface area contributed by atoms with Crippen molar-refractivity contribution in [3.05, 3.63) is 83.1 Å². The second-order valence-electron chi connectivity index (χ2n) is 9.21. The zero-order valence-electron chi connectivity index (χ0n) is 23.2. The van der Waals surface area contributed by atoms with Gasteiger partial charge in [-0.2, -0.15) is 0 Å². The minimum Gasteiger partial charge on any atom is -0.377 e. The number of nitrogens with one attached hydrogen (secondary N) is 1. The number of carbonyl (C=O) groups excluding carboxylic acids is 1. The van der Waals surface area contributed by atoms with Gasteiger partial charge in [0.1, 0.15) is 0 Å².